The van der Waals surface area contributed by atoms with E-state index in [0.717, 1.165) is 25.3 Å². The first-order valence-corrected chi connectivity index (χ1v) is 7.74. The van der Waals surface area contributed by atoms with Crippen LogP contribution in [0.2, 0.25) is 0 Å². The molecule has 1 heterocycles. The van der Waals surface area contributed by atoms with Crippen molar-refractivity contribution in [1.29, 1.82) is 0 Å². The summed E-state index contributed by atoms with van der Waals surface area (Å²) in [5.41, 5.74) is 2.16. The molecule has 4 nitrogen and oxygen atoms in total. The van der Waals surface area contributed by atoms with Gasteiger partial charge in [-0.25, -0.2) is 0 Å². The molecule has 1 aromatic rings. The van der Waals surface area contributed by atoms with E-state index >= 15 is 0 Å². The molecule has 0 saturated carbocycles. The molecule has 2 rings (SSSR count). The number of nitrogens with zero attached hydrogens (tertiary/aromatic N) is 1. The van der Waals surface area contributed by atoms with Crippen LogP contribution in [0.1, 0.15) is 39.2 Å². The SMILES string of the molecule is CC(C)c1cccc(NC(=O)CN2CCNCC2(C)C)c1. The number of carbonyl (C=O) groups excluding carboxylic acids is 1. The van der Waals surface area contributed by atoms with Crippen LogP contribution in [0, 0.1) is 0 Å². The van der Waals surface area contributed by atoms with Gasteiger partial charge in [-0.2, -0.15) is 0 Å². The fourth-order valence-electron chi connectivity index (χ4n) is 2.67. The lowest BCUT2D eigenvalue weighted by Gasteiger charge is -2.42. The fraction of sp³-hybridized carbons (Fsp3) is 0.588. The summed E-state index contributed by atoms with van der Waals surface area (Å²) in [7, 11) is 0. The van der Waals surface area contributed by atoms with Gasteiger partial charge in [-0.3, -0.25) is 9.69 Å². The Morgan fingerprint density at radius 3 is 2.86 bits per heavy atom. The van der Waals surface area contributed by atoms with Crippen molar-refractivity contribution in [3.63, 3.8) is 0 Å². The molecule has 0 aliphatic carbocycles. The molecule has 0 aromatic heterocycles. The molecule has 0 atom stereocenters. The van der Waals surface area contributed by atoms with Gasteiger partial charge in [-0.15, -0.1) is 0 Å². The Morgan fingerprint density at radius 1 is 1.43 bits per heavy atom. The van der Waals surface area contributed by atoms with Crippen LogP contribution in [0.25, 0.3) is 0 Å². The van der Waals surface area contributed by atoms with E-state index < -0.39 is 0 Å². The monoisotopic (exact) mass is 289 g/mol. The van der Waals surface area contributed by atoms with Crippen LogP contribution < -0.4 is 10.6 Å². The summed E-state index contributed by atoms with van der Waals surface area (Å²) in [6.45, 7) is 11.9. The van der Waals surface area contributed by atoms with Gasteiger partial charge >= 0.3 is 0 Å². The van der Waals surface area contributed by atoms with Crippen molar-refractivity contribution < 1.29 is 4.79 Å². The number of benzene rings is 1. The molecule has 1 aliphatic heterocycles. The number of amides is 1. The van der Waals surface area contributed by atoms with Crippen molar-refractivity contribution in [2.75, 3.05) is 31.5 Å². The van der Waals surface area contributed by atoms with Crippen molar-refractivity contribution in [3.05, 3.63) is 29.8 Å². The average molecular weight is 289 g/mol. The highest BCUT2D eigenvalue weighted by molar-refractivity contribution is 5.92. The number of hydrogen-bond donors (Lipinski definition) is 2. The second-order valence-electron chi connectivity index (χ2n) is 6.74. The lowest BCUT2D eigenvalue weighted by atomic mass is 10.0. The van der Waals surface area contributed by atoms with Crippen molar-refractivity contribution in [2.24, 2.45) is 0 Å². The minimum atomic E-state index is 0.0232. The molecule has 1 amide bonds. The first-order chi connectivity index (χ1) is 9.88. The van der Waals surface area contributed by atoms with Gasteiger partial charge in [0.25, 0.3) is 0 Å². The third kappa shape index (κ3) is 4.29. The Bertz CT molecular complexity index is 497. The molecule has 0 unspecified atom stereocenters. The van der Waals surface area contributed by atoms with E-state index in [4.69, 9.17) is 0 Å². The van der Waals surface area contributed by atoms with Gasteiger partial charge in [0.1, 0.15) is 0 Å². The van der Waals surface area contributed by atoms with E-state index in [-0.39, 0.29) is 11.4 Å². The normalized spacial score (nSPS) is 18.7. The number of anilines is 1. The number of hydrogen-bond acceptors (Lipinski definition) is 3. The van der Waals surface area contributed by atoms with E-state index in [1.807, 2.05) is 12.1 Å². The van der Waals surface area contributed by atoms with E-state index in [1.165, 1.54) is 5.56 Å². The molecule has 0 radical (unpaired) electrons. The zero-order chi connectivity index (χ0) is 15.5. The molecule has 1 fully saturated rings. The molecule has 4 heteroatoms. The molecule has 0 bridgehead atoms. The second kappa shape index (κ2) is 6.58. The molecule has 2 N–H and O–H groups in total. The third-order valence-electron chi connectivity index (χ3n) is 4.14. The number of rotatable bonds is 4. The van der Waals surface area contributed by atoms with Crippen molar-refractivity contribution in [3.8, 4) is 0 Å². The average Bonchev–Trinajstić information content (AvgIpc) is 2.41. The summed E-state index contributed by atoms with van der Waals surface area (Å²) in [4.78, 5) is 14.5. The van der Waals surface area contributed by atoms with Gasteiger partial charge in [0.2, 0.25) is 5.91 Å². The molecular formula is C17H27N3O. The van der Waals surface area contributed by atoms with Gasteiger partial charge in [-0.05, 0) is 37.5 Å². The van der Waals surface area contributed by atoms with E-state index in [2.05, 4.69) is 55.4 Å². The van der Waals surface area contributed by atoms with Gasteiger partial charge < -0.3 is 10.6 Å². The smallest absolute Gasteiger partial charge is 0.238 e. The molecule has 1 saturated heterocycles. The molecule has 1 aromatic carbocycles. The third-order valence-corrected chi connectivity index (χ3v) is 4.14. The molecule has 21 heavy (non-hydrogen) atoms. The van der Waals surface area contributed by atoms with Gasteiger partial charge in [0.15, 0.2) is 0 Å². The summed E-state index contributed by atoms with van der Waals surface area (Å²) < 4.78 is 0. The number of nitrogens with one attached hydrogen (secondary N) is 2. The van der Waals surface area contributed by atoms with Crippen LogP contribution in [-0.2, 0) is 4.79 Å². The molecule has 0 spiro atoms. The molecule has 1 aliphatic rings. The Kier molecular flexibility index (Phi) is 5.01. The summed E-state index contributed by atoms with van der Waals surface area (Å²) >= 11 is 0. The second-order valence-corrected chi connectivity index (χ2v) is 6.74. The highest BCUT2D eigenvalue weighted by atomic mass is 16.2. The summed E-state index contributed by atoms with van der Waals surface area (Å²) in [5.74, 6) is 0.528. The van der Waals surface area contributed by atoms with Gasteiger partial charge in [-0.1, -0.05) is 26.0 Å². The fourth-order valence-corrected chi connectivity index (χ4v) is 2.67. The highest BCUT2D eigenvalue weighted by Gasteiger charge is 2.30. The zero-order valence-corrected chi connectivity index (χ0v) is 13.6. The minimum Gasteiger partial charge on any atom is -0.325 e. The number of carbonyl (C=O) groups is 1. The largest absolute Gasteiger partial charge is 0.325 e. The van der Waals surface area contributed by atoms with Gasteiger partial charge in [0, 0.05) is 30.9 Å². The van der Waals surface area contributed by atoms with Crippen LogP contribution in [0.3, 0.4) is 0 Å². The van der Waals surface area contributed by atoms with Crippen molar-refractivity contribution in [1.82, 2.24) is 10.2 Å². The van der Waals surface area contributed by atoms with Crippen LogP contribution in [0.5, 0.6) is 0 Å². The zero-order valence-electron chi connectivity index (χ0n) is 13.6. The Balaban J connectivity index is 1.97. The lowest BCUT2D eigenvalue weighted by molar-refractivity contribution is -0.119. The predicted octanol–water partition coefficient (Wildman–Crippen LogP) is 2.43. The Morgan fingerprint density at radius 2 is 2.19 bits per heavy atom. The maximum Gasteiger partial charge on any atom is 0.238 e. The maximum absolute atomic E-state index is 12.3. The maximum atomic E-state index is 12.3. The number of piperazine rings is 1. The standard InChI is InChI=1S/C17H27N3O/c1-13(2)14-6-5-7-15(10-14)19-16(21)11-20-9-8-18-12-17(20,3)4/h5-7,10,13,18H,8-9,11-12H2,1-4H3,(H,19,21). The van der Waals surface area contributed by atoms with Crippen LogP contribution >= 0.6 is 0 Å². The lowest BCUT2D eigenvalue weighted by Crippen LogP contribution is -2.59. The highest BCUT2D eigenvalue weighted by Crippen LogP contribution is 2.19. The molecule has 116 valence electrons. The topological polar surface area (TPSA) is 44.4 Å². The van der Waals surface area contributed by atoms with Crippen LogP contribution in [0.15, 0.2) is 24.3 Å². The van der Waals surface area contributed by atoms with Crippen molar-refractivity contribution >= 4 is 11.6 Å². The molecular weight excluding hydrogens is 262 g/mol. The van der Waals surface area contributed by atoms with Crippen molar-refractivity contribution in [2.45, 2.75) is 39.2 Å². The summed E-state index contributed by atoms with van der Waals surface area (Å²) in [6.07, 6.45) is 0. The minimum absolute atomic E-state index is 0.0232. The van der Waals surface area contributed by atoms with E-state index in [9.17, 15) is 4.79 Å². The predicted molar refractivity (Wildman–Crippen MR) is 87.7 cm³/mol. The van der Waals surface area contributed by atoms with Crippen LogP contribution in [0.4, 0.5) is 5.69 Å². The van der Waals surface area contributed by atoms with Gasteiger partial charge in [0.05, 0.1) is 6.54 Å². The Labute approximate surface area is 127 Å². The first-order valence-electron chi connectivity index (χ1n) is 7.74. The van der Waals surface area contributed by atoms with E-state index in [1.54, 1.807) is 0 Å². The quantitative estimate of drug-likeness (QED) is 0.895. The summed E-state index contributed by atoms with van der Waals surface area (Å²) in [6, 6.07) is 8.11. The Hall–Kier alpha value is -1.39. The summed E-state index contributed by atoms with van der Waals surface area (Å²) in [5, 5.41) is 6.40. The van der Waals surface area contributed by atoms with Crippen LogP contribution in [-0.4, -0.2) is 42.5 Å². The first kappa shape index (κ1) is 16.0. The van der Waals surface area contributed by atoms with E-state index in [0.29, 0.717) is 12.5 Å².